The lowest BCUT2D eigenvalue weighted by Gasteiger charge is -2.00. The Morgan fingerprint density at radius 1 is 1.71 bits per heavy atom. The zero-order valence-corrected chi connectivity index (χ0v) is 5.07. The number of hydrogen-bond donors (Lipinski definition) is 1. The minimum absolute atomic E-state index is 0.720. The Hall–Kier alpha value is -0.460. The standard InChI is InChI=1S/C6H13N/c1-4-7-5-6(2)3/h4,6-7H,1,5H2,2-3H3. The molecule has 0 aromatic rings. The van der Waals surface area contributed by atoms with Crippen LogP contribution in [0.2, 0.25) is 0 Å². The Bertz CT molecular complexity index is 48.1. The SMILES string of the molecule is C=CNCC(C)C. The maximum Gasteiger partial charge on any atom is 0.0164 e. The highest BCUT2D eigenvalue weighted by atomic mass is 14.8. The van der Waals surface area contributed by atoms with Gasteiger partial charge in [0.2, 0.25) is 0 Å². The van der Waals surface area contributed by atoms with E-state index in [1.807, 2.05) is 0 Å². The van der Waals surface area contributed by atoms with Crippen molar-refractivity contribution in [2.75, 3.05) is 6.54 Å². The highest BCUT2D eigenvalue weighted by Crippen LogP contribution is 1.85. The van der Waals surface area contributed by atoms with Crippen molar-refractivity contribution >= 4 is 0 Å². The first kappa shape index (κ1) is 6.54. The lowest BCUT2D eigenvalue weighted by Crippen LogP contribution is -2.11. The van der Waals surface area contributed by atoms with Crippen molar-refractivity contribution in [1.29, 1.82) is 0 Å². The van der Waals surface area contributed by atoms with Crippen LogP contribution >= 0.6 is 0 Å². The monoisotopic (exact) mass is 99.1 g/mol. The van der Waals surface area contributed by atoms with E-state index in [0.29, 0.717) is 0 Å². The van der Waals surface area contributed by atoms with E-state index in [1.54, 1.807) is 6.20 Å². The van der Waals surface area contributed by atoms with Gasteiger partial charge in [-0.2, -0.15) is 0 Å². The van der Waals surface area contributed by atoms with Gasteiger partial charge in [-0.3, -0.25) is 0 Å². The largest absolute Gasteiger partial charge is 0.391 e. The molecule has 0 unspecified atom stereocenters. The smallest absolute Gasteiger partial charge is 0.0164 e. The van der Waals surface area contributed by atoms with Crippen LogP contribution in [0.4, 0.5) is 0 Å². The maximum absolute atomic E-state index is 3.52. The van der Waals surface area contributed by atoms with E-state index in [4.69, 9.17) is 0 Å². The molecule has 0 radical (unpaired) electrons. The first-order valence-electron chi connectivity index (χ1n) is 2.61. The third-order valence-corrected chi connectivity index (χ3v) is 0.670. The quantitative estimate of drug-likeness (QED) is 0.563. The van der Waals surface area contributed by atoms with Gasteiger partial charge in [0.25, 0.3) is 0 Å². The van der Waals surface area contributed by atoms with E-state index in [1.165, 1.54) is 0 Å². The topological polar surface area (TPSA) is 12.0 Å². The van der Waals surface area contributed by atoms with Crippen molar-refractivity contribution in [3.8, 4) is 0 Å². The summed E-state index contributed by atoms with van der Waals surface area (Å²) >= 11 is 0. The fourth-order valence-electron chi connectivity index (χ4n) is 0.319. The van der Waals surface area contributed by atoms with E-state index in [0.717, 1.165) is 12.5 Å². The Balaban J connectivity index is 2.81. The summed E-state index contributed by atoms with van der Waals surface area (Å²) in [6.45, 7) is 8.88. The van der Waals surface area contributed by atoms with Crippen LogP contribution in [0.3, 0.4) is 0 Å². The third kappa shape index (κ3) is 5.54. The summed E-state index contributed by atoms with van der Waals surface area (Å²) in [5.74, 6) is 0.720. The van der Waals surface area contributed by atoms with Gasteiger partial charge < -0.3 is 5.32 Å². The molecule has 0 amide bonds. The molecule has 42 valence electrons. The van der Waals surface area contributed by atoms with E-state index in [-0.39, 0.29) is 0 Å². The molecule has 0 aliphatic carbocycles. The molecule has 0 aromatic heterocycles. The van der Waals surface area contributed by atoms with Gasteiger partial charge in [0, 0.05) is 6.54 Å². The second-order valence-corrected chi connectivity index (χ2v) is 2.01. The van der Waals surface area contributed by atoms with Crippen molar-refractivity contribution in [3.63, 3.8) is 0 Å². The highest BCUT2D eigenvalue weighted by molar-refractivity contribution is 4.63. The predicted octanol–water partition coefficient (Wildman–Crippen LogP) is 1.38. The van der Waals surface area contributed by atoms with Crippen LogP contribution in [0.25, 0.3) is 0 Å². The fraction of sp³-hybridized carbons (Fsp3) is 0.667. The third-order valence-electron chi connectivity index (χ3n) is 0.670. The summed E-state index contributed by atoms with van der Waals surface area (Å²) in [6, 6.07) is 0. The van der Waals surface area contributed by atoms with Crippen molar-refractivity contribution in [2.24, 2.45) is 5.92 Å². The molecule has 0 saturated carbocycles. The lowest BCUT2D eigenvalue weighted by atomic mass is 10.2. The predicted molar refractivity (Wildman–Crippen MR) is 33.0 cm³/mol. The molecule has 1 N–H and O–H groups in total. The maximum atomic E-state index is 3.52. The van der Waals surface area contributed by atoms with Crippen LogP contribution < -0.4 is 5.32 Å². The van der Waals surface area contributed by atoms with Crippen LogP contribution in [0.15, 0.2) is 12.8 Å². The van der Waals surface area contributed by atoms with E-state index < -0.39 is 0 Å². The second-order valence-electron chi connectivity index (χ2n) is 2.01. The molecule has 0 aliphatic rings. The van der Waals surface area contributed by atoms with Crippen LogP contribution in [0, 0.1) is 5.92 Å². The van der Waals surface area contributed by atoms with Crippen LogP contribution in [0.5, 0.6) is 0 Å². The zero-order valence-electron chi connectivity index (χ0n) is 5.07. The Morgan fingerprint density at radius 3 is 2.43 bits per heavy atom. The molecule has 0 heterocycles. The number of hydrogen-bond acceptors (Lipinski definition) is 1. The first-order chi connectivity index (χ1) is 3.27. The second kappa shape index (κ2) is 3.72. The molecule has 0 saturated heterocycles. The molecule has 0 fully saturated rings. The van der Waals surface area contributed by atoms with Gasteiger partial charge in [-0.25, -0.2) is 0 Å². The molecule has 0 spiro atoms. The number of nitrogens with one attached hydrogen (secondary N) is 1. The minimum Gasteiger partial charge on any atom is -0.391 e. The summed E-state index contributed by atoms with van der Waals surface area (Å²) in [5, 5.41) is 3.01. The molecular weight excluding hydrogens is 86.1 g/mol. The van der Waals surface area contributed by atoms with Gasteiger partial charge >= 0.3 is 0 Å². The van der Waals surface area contributed by atoms with Crippen LogP contribution in [0.1, 0.15) is 13.8 Å². The molecule has 0 aliphatic heterocycles. The number of rotatable bonds is 3. The van der Waals surface area contributed by atoms with E-state index in [9.17, 15) is 0 Å². The minimum atomic E-state index is 0.720. The summed E-state index contributed by atoms with van der Waals surface area (Å²) in [7, 11) is 0. The van der Waals surface area contributed by atoms with Crippen LogP contribution in [-0.2, 0) is 0 Å². The van der Waals surface area contributed by atoms with Gasteiger partial charge in [-0.05, 0) is 12.1 Å². The zero-order chi connectivity index (χ0) is 5.70. The van der Waals surface area contributed by atoms with Crippen LogP contribution in [-0.4, -0.2) is 6.54 Å². The van der Waals surface area contributed by atoms with E-state index >= 15 is 0 Å². The molecule has 1 heteroatoms. The average Bonchev–Trinajstić information content (AvgIpc) is 1.61. The van der Waals surface area contributed by atoms with Crippen molar-refractivity contribution in [3.05, 3.63) is 12.8 Å². The van der Waals surface area contributed by atoms with Gasteiger partial charge in [0.1, 0.15) is 0 Å². The molecule has 0 aromatic carbocycles. The molecule has 7 heavy (non-hydrogen) atoms. The van der Waals surface area contributed by atoms with Gasteiger partial charge in [0.05, 0.1) is 0 Å². The summed E-state index contributed by atoms with van der Waals surface area (Å²) in [4.78, 5) is 0. The molecule has 0 atom stereocenters. The Morgan fingerprint density at radius 2 is 2.29 bits per heavy atom. The summed E-state index contributed by atoms with van der Waals surface area (Å²) in [5.41, 5.74) is 0. The fourth-order valence-corrected chi connectivity index (χ4v) is 0.319. The van der Waals surface area contributed by atoms with Crippen molar-refractivity contribution < 1.29 is 0 Å². The highest BCUT2D eigenvalue weighted by Gasteiger charge is 1.85. The van der Waals surface area contributed by atoms with Crippen molar-refractivity contribution in [1.82, 2.24) is 5.32 Å². The molecule has 1 nitrogen and oxygen atoms in total. The van der Waals surface area contributed by atoms with Gasteiger partial charge in [-0.1, -0.05) is 20.4 Å². The Labute approximate surface area is 45.4 Å². The van der Waals surface area contributed by atoms with Gasteiger partial charge in [0.15, 0.2) is 0 Å². The van der Waals surface area contributed by atoms with Gasteiger partial charge in [-0.15, -0.1) is 0 Å². The molecular formula is C6H13N. The lowest BCUT2D eigenvalue weighted by molar-refractivity contribution is 0.612. The van der Waals surface area contributed by atoms with Crippen molar-refractivity contribution in [2.45, 2.75) is 13.8 Å². The van der Waals surface area contributed by atoms with E-state index in [2.05, 4.69) is 25.7 Å². The Kier molecular flexibility index (Phi) is 3.48. The molecule has 0 rings (SSSR count). The summed E-state index contributed by atoms with van der Waals surface area (Å²) < 4.78 is 0. The first-order valence-corrected chi connectivity index (χ1v) is 2.61. The molecule has 0 bridgehead atoms. The normalized spacial score (nSPS) is 9.00. The average molecular weight is 99.2 g/mol. The summed E-state index contributed by atoms with van der Waals surface area (Å²) in [6.07, 6.45) is 1.72.